The second kappa shape index (κ2) is 9.01. The molecule has 0 aromatic heterocycles. The summed E-state index contributed by atoms with van der Waals surface area (Å²) >= 11 is 0. The van der Waals surface area contributed by atoms with E-state index in [-0.39, 0.29) is 12.6 Å². The van der Waals surface area contributed by atoms with Crippen molar-refractivity contribution in [2.75, 3.05) is 33.3 Å². The van der Waals surface area contributed by atoms with Gasteiger partial charge in [0.25, 0.3) is 0 Å². The third kappa shape index (κ3) is 6.11. The van der Waals surface area contributed by atoms with Gasteiger partial charge >= 0.3 is 0 Å². The summed E-state index contributed by atoms with van der Waals surface area (Å²) in [6.07, 6.45) is 8.19. The van der Waals surface area contributed by atoms with Crippen molar-refractivity contribution >= 4 is 0 Å². The predicted octanol–water partition coefficient (Wildman–Crippen LogP) is 2.89. The van der Waals surface area contributed by atoms with Crippen molar-refractivity contribution in [1.29, 1.82) is 0 Å². The largest absolute Gasteiger partial charge is 0.395 e. The van der Waals surface area contributed by atoms with Gasteiger partial charge in [-0.2, -0.15) is 0 Å². The fourth-order valence-corrected chi connectivity index (χ4v) is 3.32. The van der Waals surface area contributed by atoms with E-state index in [0.717, 1.165) is 19.6 Å². The summed E-state index contributed by atoms with van der Waals surface area (Å²) in [7, 11) is 2.16. The van der Waals surface area contributed by atoms with Crippen LogP contribution in [0.25, 0.3) is 0 Å². The molecule has 1 fully saturated rings. The van der Waals surface area contributed by atoms with E-state index in [2.05, 4.69) is 38.0 Å². The zero-order valence-electron chi connectivity index (χ0n) is 14.1. The Morgan fingerprint density at radius 1 is 1.10 bits per heavy atom. The molecule has 1 aliphatic rings. The van der Waals surface area contributed by atoms with E-state index in [9.17, 15) is 5.11 Å². The Morgan fingerprint density at radius 3 is 2.20 bits per heavy atom. The number of nitrogens with one attached hydrogen (secondary N) is 1. The molecule has 0 spiro atoms. The zero-order valence-corrected chi connectivity index (χ0v) is 14.1. The van der Waals surface area contributed by atoms with E-state index in [4.69, 9.17) is 0 Å². The molecule has 2 N–H and O–H groups in total. The van der Waals surface area contributed by atoms with Crippen LogP contribution in [-0.2, 0) is 0 Å². The smallest absolute Gasteiger partial charge is 0.0584 e. The van der Waals surface area contributed by atoms with Gasteiger partial charge in [-0.15, -0.1) is 0 Å². The van der Waals surface area contributed by atoms with Gasteiger partial charge in [-0.05, 0) is 44.7 Å². The lowest BCUT2D eigenvalue weighted by Gasteiger charge is -2.39. The minimum absolute atomic E-state index is 0.256. The molecule has 1 unspecified atom stereocenters. The molecule has 20 heavy (non-hydrogen) atoms. The van der Waals surface area contributed by atoms with E-state index < -0.39 is 0 Å². The predicted molar refractivity (Wildman–Crippen MR) is 87.0 cm³/mol. The number of hydrogen-bond donors (Lipinski definition) is 2. The van der Waals surface area contributed by atoms with Crippen LogP contribution in [0.1, 0.15) is 59.3 Å². The first-order chi connectivity index (χ1) is 9.49. The van der Waals surface area contributed by atoms with Crippen molar-refractivity contribution in [3.05, 3.63) is 0 Å². The number of nitrogens with zero attached hydrogens (tertiary/aromatic N) is 1. The van der Waals surface area contributed by atoms with E-state index in [1.165, 1.54) is 38.5 Å². The Bertz CT molecular complexity index is 247. The molecule has 0 aromatic carbocycles. The monoisotopic (exact) mass is 284 g/mol. The molecular formula is C17H36N2O. The van der Waals surface area contributed by atoms with Crippen molar-refractivity contribution in [2.24, 2.45) is 11.3 Å². The fourth-order valence-electron chi connectivity index (χ4n) is 3.32. The summed E-state index contributed by atoms with van der Waals surface area (Å²) in [6.45, 7) is 10.3. The molecule has 0 aliphatic heterocycles. The van der Waals surface area contributed by atoms with Crippen molar-refractivity contribution in [3.63, 3.8) is 0 Å². The van der Waals surface area contributed by atoms with Crippen molar-refractivity contribution in [1.82, 2.24) is 10.2 Å². The fraction of sp³-hybridized carbons (Fsp3) is 1.00. The molecule has 0 heterocycles. The highest BCUT2D eigenvalue weighted by Gasteiger charge is 2.32. The highest BCUT2D eigenvalue weighted by atomic mass is 16.3. The molecule has 0 saturated heterocycles. The van der Waals surface area contributed by atoms with Crippen LogP contribution in [0.3, 0.4) is 0 Å². The Balaban J connectivity index is 2.62. The van der Waals surface area contributed by atoms with Crippen molar-refractivity contribution in [3.8, 4) is 0 Å². The normalized spacial score (nSPS) is 21.1. The van der Waals surface area contributed by atoms with Crippen LogP contribution in [0.5, 0.6) is 0 Å². The van der Waals surface area contributed by atoms with Gasteiger partial charge < -0.3 is 15.3 Å². The first kappa shape index (κ1) is 17.9. The van der Waals surface area contributed by atoms with E-state index in [0.29, 0.717) is 11.3 Å². The standard InChI is InChI=1S/C17H36N2O/c1-15(2)11-18-13-17(9-7-5-6-8-10-17)14-19(4)16(3)12-20/h15-16,18,20H,5-14H2,1-4H3. The molecule has 120 valence electrons. The zero-order chi connectivity index (χ0) is 15.0. The molecule has 0 radical (unpaired) electrons. The first-order valence-electron chi connectivity index (χ1n) is 8.51. The molecule has 1 aliphatic carbocycles. The Morgan fingerprint density at radius 2 is 1.70 bits per heavy atom. The Kier molecular flexibility index (Phi) is 8.08. The van der Waals surface area contributed by atoms with Crippen LogP contribution in [0.2, 0.25) is 0 Å². The maximum atomic E-state index is 9.37. The van der Waals surface area contributed by atoms with E-state index in [1.54, 1.807) is 0 Å². The SMILES string of the molecule is CC(C)CNCC1(CN(C)C(C)CO)CCCCCC1. The molecule has 3 heteroatoms. The summed E-state index contributed by atoms with van der Waals surface area (Å²) in [5, 5.41) is 13.1. The van der Waals surface area contributed by atoms with Crippen LogP contribution >= 0.6 is 0 Å². The average molecular weight is 284 g/mol. The molecular weight excluding hydrogens is 248 g/mol. The summed E-state index contributed by atoms with van der Waals surface area (Å²) in [5.74, 6) is 0.715. The second-order valence-corrected chi connectivity index (χ2v) is 7.39. The Hall–Kier alpha value is -0.120. The number of rotatable bonds is 8. The van der Waals surface area contributed by atoms with Crippen molar-refractivity contribution < 1.29 is 5.11 Å². The number of aliphatic hydroxyl groups excluding tert-OH is 1. The lowest BCUT2D eigenvalue weighted by molar-refractivity contribution is 0.0901. The second-order valence-electron chi connectivity index (χ2n) is 7.39. The molecule has 0 bridgehead atoms. The quantitative estimate of drug-likeness (QED) is 0.673. The molecule has 3 nitrogen and oxygen atoms in total. The van der Waals surface area contributed by atoms with Gasteiger partial charge in [0.1, 0.15) is 0 Å². The number of aliphatic hydroxyl groups is 1. The minimum atomic E-state index is 0.256. The number of likely N-dealkylation sites (N-methyl/N-ethyl adjacent to an activating group) is 1. The Labute approximate surface area is 126 Å². The topological polar surface area (TPSA) is 35.5 Å². The van der Waals surface area contributed by atoms with Crippen LogP contribution in [0.4, 0.5) is 0 Å². The summed E-state index contributed by atoms with van der Waals surface area (Å²) < 4.78 is 0. The summed E-state index contributed by atoms with van der Waals surface area (Å²) in [5.41, 5.74) is 0.406. The number of hydrogen-bond acceptors (Lipinski definition) is 3. The lowest BCUT2D eigenvalue weighted by atomic mass is 9.79. The molecule has 0 amide bonds. The van der Waals surface area contributed by atoms with E-state index in [1.807, 2.05) is 0 Å². The minimum Gasteiger partial charge on any atom is -0.395 e. The first-order valence-corrected chi connectivity index (χ1v) is 8.51. The van der Waals surface area contributed by atoms with Gasteiger partial charge in [-0.1, -0.05) is 39.5 Å². The van der Waals surface area contributed by atoms with Crippen LogP contribution in [-0.4, -0.2) is 49.3 Å². The highest BCUT2D eigenvalue weighted by molar-refractivity contribution is 4.87. The van der Waals surface area contributed by atoms with Gasteiger partial charge in [0.2, 0.25) is 0 Å². The van der Waals surface area contributed by atoms with Crippen LogP contribution in [0, 0.1) is 11.3 Å². The lowest BCUT2D eigenvalue weighted by Crippen LogP contribution is -2.46. The van der Waals surface area contributed by atoms with Gasteiger partial charge in [0.05, 0.1) is 6.61 Å². The third-order valence-corrected chi connectivity index (χ3v) is 4.82. The van der Waals surface area contributed by atoms with Gasteiger partial charge in [-0.3, -0.25) is 0 Å². The highest BCUT2D eigenvalue weighted by Crippen LogP contribution is 2.35. The van der Waals surface area contributed by atoms with Crippen LogP contribution < -0.4 is 5.32 Å². The molecule has 1 atom stereocenters. The van der Waals surface area contributed by atoms with Gasteiger partial charge in [0, 0.05) is 19.1 Å². The van der Waals surface area contributed by atoms with Crippen molar-refractivity contribution in [2.45, 2.75) is 65.3 Å². The van der Waals surface area contributed by atoms with Crippen LogP contribution in [0.15, 0.2) is 0 Å². The summed E-state index contributed by atoms with van der Waals surface area (Å²) in [6, 6.07) is 0.264. The molecule has 0 aromatic rings. The van der Waals surface area contributed by atoms with E-state index >= 15 is 0 Å². The maximum Gasteiger partial charge on any atom is 0.0584 e. The van der Waals surface area contributed by atoms with Gasteiger partial charge in [-0.25, -0.2) is 0 Å². The third-order valence-electron chi connectivity index (χ3n) is 4.82. The molecule has 1 rings (SSSR count). The summed E-state index contributed by atoms with van der Waals surface area (Å²) in [4.78, 5) is 2.35. The average Bonchev–Trinajstić information content (AvgIpc) is 2.63. The molecule has 1 saturated carbocycles. The maximum absolute atomic E-state index is 9.37. The van der Waals surface area contributed by atoms with Gasteiger partial charge in [0.15, 0.2) is 0 Å².